The van der Waals surface area contributed by atoms with Gasteiger partial charge in [0.05, 0.1) is 4.90 Å². The van der Waals surface area contributed by atoms with E-state index in [1.807, 2.05) is 0 Å². The third-order valence-electron chi connectivity index (χ3n) is 2.33. The van der Waals surface area contributed by atoms with Gasteiger partial charge in [-0.15, -0.1) is 0 Å². The van der Waals surface area contributed by atoms with Crippen LogP contribution in [0.5, 0.6) is 0 Å². The zero-order valence-corrected chi connectivity index (χ0v) is 10.9. The molecule has 1 heterocycles. The third-order valence-corrected chi connectivity index (χ3v) is 4.37. The Morgan fingerprint density at radius 2 is 2.06 bits per heavy atom. The van der Waals surface area contributed by atoms with E-state index in [0.717, 1.165) is 0 Å². The van der Waals surface area contributed by atoms with Crippen LogP contribution in [0, 0.1) is 0 Å². The molecule has 0 amide bonds. The van der Waals surface area contributed by atoms with E-state index in [-0.39, 0.29) is 17.1 Å². The molecule has 0 unspecified atom stereocenters. The molecular formula is C11H9BrO3S. The van der Waals surface area contributed by atoms with E-state index in [9.17, 15) is 13.2 Å². The van der Waals surface area contributed by atoms with Crippen molar-refractivity contribution in [1.29, 1.82) is 0 Å². The van der Waals surface area contributed by atoms with Gasteiger partial charge in [0.2, 0.25) is 9.84 Å². The highest BCUT2D eigenvalue weighted by atomic mass is 79.9. The second kappa shape index (κ2) is 3.82. The molecular weight excluding hydrogens is 292 g/mol. The number of allylic oxidation sites excluding steroid dienone is 1. The van der Waals surface area contributed by atoms with E-state index < -0.39 is 9.84 Å². The van der Waals surface area contributed by atoms with Crippen LogP contribution in [-0.2, 0) is 14.6 Å². The molecule has 0 radical (unpaired) electrons. The molecule has 0 fully saturated rings. The van der Waals surface area contributed by atoms with Crippen molar-refractivity contribution in [1.82, 2.24) is 0 Å². The first-order valence-electron chi connectivity index (χ1n) is 4.65. The summed E-state index contributed by atoms with van der Waals surface area (Å²) in [4.78, 5) is 11.3. The lowest BCUT2D eigenvalue weighted by Crippen LogP contribution is -1.93. The predicted octanol–water partition coefficient (Wildman–Crippen LogP) is 2.56. The summed E-state index contributed by atoms with van der Waals surface area (Å²) in [6.45, 7) is 1.45. The van der Waals surface area contributed by atoms with Gasteiger partial charge in [0.25, 0.3) is 0 Å². The van der Waals surface area contributed by atoms with E-state index >= 15 is 0 Å². The first-order valence-corrected chi connectivity index (χ1v) is 6.99. The molecule has 84 valence electrons. The lowest BCUT2D eigenvalue weighted by atomic mass is 10.0. The number of carbonyl (C=O) groups excluding carboxylic acids is 1. The second-order valence-corrected chi connectivity index (χ2v) is 6.39. The number of halogens is 1. The van der Waals surface area contributed by atoms with Crippen LogP contribution in [0.25, 0.3) is 5.57 Å². The number of carbonyl (C=O) groups is 1. The van der Waals surface area contributed by atoms with E-state index in [0.29, 0.717) is 15.6 Å². The molecule has 0 bridgehead atoms. The molecule has 0 aromatic heterocycles. The van der Waals surface area contributed by atoms with Crippen LogP contribution >= 0.6 is 15.9 Å². The lowest BCUT2D eigenvalue weighted by Gasteiger charge is -2.02. The van der Waals surface area contributed by atoms with Gasteiger partial charge >= 0.3 is 0 Å². The van der Waals surface area contributed by atoms with Crippen LogP contribution in [0.3, 0.4) is 0 Å². The van der Waals surface area contributed by atoms with Crippen molar-refractivity contribution in [2.45, 2.75) is 18.2 Å². The van der Waals surface area contributed by atoms with E-state index in [1.54, 1.807) is 18.2 Å². The molecule has 1 aliphatic rings. The van der Waals surface area contributed by atoms with Gasteiger partial charge < -0.3 is 0 Å². The summed E-state index contributed by atoms with van der Waals surface area (Å²) in [6, 6.07) is 5.06. The molecule has 0 saturated heterocycles. The van der Waals surface area contributed by atoms with Crippen molar-refractivity contribution < 1.29 is 13.2 Å². The average molecular weight is 301 g/mol. The van der Waals surface area contributed by atoms with Gasteiger partial charge in [-0.05, 0) is 30.2 Å². The Labute approximate surface area is 102 Å². The largest absolute Gasteiger partial charge is 0.300 e. The van der Waals surface area contributed by atoms with E-state index in [1.165, 1.54) is 12.3 Å². The zero-order valence-electron chi connectivity index (χ0n) is 8.53. The normalized spacial score (nSPS) is 16.8. The summed E-state index contributed by atoms with van der Waals surface area (Å²) in [5.41, 5.74) is 1.22. The van der Waals surface area contributed by atoms with Crippen LogP contribution in [-0.4, -0.2) is 14.2 Å². The van der Waals surface area contributed by atoms with E-state index in [2.05, 4.69) is 15.9 Å². The Hall–Kier alpha value is -0.940. The number of ketones is 1. The maximum absolute atomic E-state index is 11.8. The Kier molecular flexibility index (Phi) is 2.75. The number of rotatable bonds is 2. The molecule has 0 aliphatic carbocycles. The van der Waals surface area contributed by atoms with Gasteiger partial charge in [0.15, 0.2) is 0 Å². The number of Topliss-reactive ketones (excluding diaryl/α,β-unsaturated/α-hetero) is 1. The minimum Gasteiger partial charge on any atom is -0.300 e. The molecule has 1 aliphatic heterocycles. The van der Waals surface area contributed by atoms with Gasteiger partial charge in [-0.3, -0.25) is 4.79 Å². The number of hydrogen-bond acceptors (Lipinski definition) is 3. The van der Waals surface area contributed by atoms with Crippen LogP contribution in [0.2, 0.25) is 0 Å². The Balaban J connectivity index is 2.60. The van der Waals surface area contributed by atoms with Gasteiger partial charge in [-0.25, -0.2) is 8.42 Å². The fourth-order valence-electron chi connectivity index (χ4n) is 1.72. The standard InChI is InChI=1S/C11H9BrO3S/c1-7(13)4-8-6-16(14,15)11-5-9(12)2-3-10(8)11/h2-3,5-6H,4H2,1H3. The highest BCUT2D eigenvalue weighted by molar-refractivity contribution is 9.10. The molecule has 3 nitrogen and oxygen atoms in total. The molecule has 0 N–H and O–H groups in total. The molecule has 1 aromatic rings. The highest BCUT2D eigenvalue weighted by Crippen LogP contribution is 2.36. The van der Waals surface area contributed by atoms with Gasteiger partial charge in [0, 0.05) is 16.3 Å². The summed E-state index contributed by atoms with van der Waals surface area (Å²) in [7, 11) is -3.37. The van der Waals surface area contributed by atoms with Gasteiger partial charge in [-0.1, -0.05) is 22.0 Å². The zero-order chi connectivity index (χ0) is 11.9. The minimum atomic E-state index is -3.37. The van der Waals surface area contributed by atoms with Crippen LogP contribution in [0.4, 0.5) is 0 Å². The number of benzene rings is 1. The number of sulfone groups is 1. The average Bonchev–Trinajstić information content (AvgIpc) is 2.37. The topological polar surface area (TPSA) is 51.2 Å². The molecule has 16 heavy (non-hydrogen) atoms. The summed E-state index contributed by atoms with van der Waals surface area (Å²) >= 11 is 3.23. The summed E-state index contributed by atoms with van der Waals surface area (Å²) in [6.07, 6.45) is 0.161. The predicted molar refractivity (Wildman–Crippen MR) is 64.6 cm³/mol. The van der Waals surface area contributed by atoms with Crippen molar-refractivity contribution in [3.63, 3.8) is 0 Å². The minimum absolute atomic E-state index is 0.0442. The Morgan fingerprint density at radius 3 is 2.69 bits per heavy atom. The maximum Gasteiger partial charge on any atom is 0.200 e. The molecule has 0 atom stereocenters. The molecule has 2 rings (SSSR count). The number of hydrogen-bond donors (Lipinski definition) is 0. The van der Waals surface area contributed by atoms with Crippen LogP contribution in [0.1, 0.15) is 18.9 Å². The molecule has 1 aromatic carbocycles. The smallest absolute Gasteiger partial charge is 0.200 e. The first-order chi connectivity index (χ1) is 7.40. The van der Waals surface area contributed by atoms with E-state index in [4.69, 9.17) is 0 Å². The van der Waals surface area contributed by atoms with Crippen LogP contribution < -0.4 is 0 Å². The molecule has 5 heteroatoms. The molecule has 0 spiro atoms. The fourth-order valence-corrected chi connectivity index (χ4v) is 3.74. The van der Waals surface area contributed by atoms with Gasteiger partial charge in [-0.2, -0.15) is 0 Å². The Bertz CT molecular complexity index is 600. The number of fused-ring (bicyclic) bond motifs is 1. The second-order valence-electron chi connectivity index (χ2n) is 3.71. The molecule has 0 saturated carbocycles. The van der Waals surface area contributed by atoms with Gasteiger partial charge in [0.1, 0.15) is 5.78 Å². The van der Waals surface area contributed by atoms with Crippen molar-refractivity contribution >= 4 is 37.1 Å². The van der Waals surface area contributed by atoms with Crippen LogP contribution in [0.15, 0.2) is 33.0 Å². The van der Waals surface area contributed by atoms with Crippen molar-refractivity contribution in [3.05, 3.63) is 33.6 Å². The monoisotopic (exact) mass is 300 g/mol. The SMILES string of the molecule is CC(=O)CC1=CS(=O)(=O)c2cc(Br)ccc21. The maximum atomic E-state index is 11.8. The quantitative estimate of drug-likeness (QED) is 0.843. The fraction of sp³-hybridized carbons (Fsp3) is 0.182. The summed E-state index contributed by atoms with van der Waals surface area (Å²) in [5, 5.41) is 1.19. The van der Waals surface area contributed by atoms with Crippen molar-refractivity contribution in [2.24, 2.45) is 0 Å². The highest BCUT2D eigenvalue weighted by Gasteiger charge is 2.27. The summed E-state index contributed by atoms with van der Waals surface area (Å²) in [5.74, 6) is -0.0442. The third kappa shape index (κ3) is 1.97. The van der Waals surface area contributed by atoms with Crippen molar-refractivity contribution in [3.8, 4) is 0 Å². The Morgan fingerprint density at radius 1 is 1.38 bits per heavy atom. The van der Waals surface area contributed by atoms with Crippen molar-refractivity contribution in [2.75, 3.05) is 0 Å². The lowest BCUT2D eigenvalue weighted by molar-refractivity contribution is -0.116. The first kappa shape index (κ1) is 11.5. The summed E-state index contributed by atoms with van der Waals surface area (Å²) < 4.78 is 24.3.